The molecular formula is C13H18N2O. The third-order valence-electron chi connectivity index (χ3n) is 2.85. The molecule has 1 aliphatic heterocycles. The van der Waals surface area contributed by atoms with E-state index in [-0.39, 0.29) is 0 Å². The first-order chi connectivity index (χ1) is 7.79. The molecule has 3 heteroatoms. The lowest BCUT2D eigenvalue weighted by Crippen LogP contribution is -2.26. The minimum atomic E-state index is 0.749. The molecule has 0 atom stereocenters. The Morgan fingerprint density at radius 1 is 1.38 bits per heavy atom. The van der Waals surface area contributed by atoms with Crippen molar-refractivity contribution in [1.29, 1.82) is 0 Å². The Kier molecular flexibility index (Phi) is 3.47. The van der Waals surface area contributed by atoms with Gasteiger partial charge in [0.15, 0.2) is 0 Å². The third-order valence-corrected chi connectivity index (χ3v) is 2.85. The van der Waals surface area contributed by atoms with E-state index in [2.05, 4.69) is 17.1 Å². The molecule has 16 heavy (non-hydrogen) atoms. The fourth-order valence-corrected chi connectivity index (χ4v) is 1.97. The van der Waals surface area contributed by atoms with Crippen LogP contribution in [0, 0.1) is 0 Å². The zero-order valence-corrected chi connectivity index (χ0v) is 9.65. The number of ether oxygens (including phenoxy) is 1. The van der Waals surface area contributed by atoms with Crippen LogP contribution in [0.1, 0.15) is 12.0 Å². The summed E-state index contributed by atoms with van der Waals surface area (Å²) in [5.41, 5.74) is 7.68. The Balaban J connectivity index is 2.11. The summed E-state index contributed by atoms with van der Waals surface area (Å²) in [6, 6.07) is 5.86. The van der Waals surface area contributed by atoms with Gasteiger partial charge in [0.1, 0.15) is 5.75 Å². The van der Waals surface area contributed by atoms with Crippen LogP contribution in [0.15, 0.2) is 30.4 Å². The minimum absolute atomic E-state index is 0.749. The van der Waals surface area contributed by atoms with E-state index < -0.39 is 0 Å². The highest BCUT2D eigenvalue weighted by atomic mass is 16.5. The fourth-order valence-electron chi connectivity index (χ4n) is 1.97. The van der Waals surface area contributed by atoms with E-state index in [9.17, 15) is 0 Å². The second-order valence-electron chi connectivity index (χ2n) is 4.07. The van der Waals surface area contributed by atoms with Crippen molar-refractivity contribution < 1.29 is 4.74 Å². The summed E-state index contributed by atoms with van der Waals surface area (Å²) in [6.07, 6.45) is 5.58. The minimum Gasteiger partial charge on any atom is -0.496 e. The van der Waals surface area contributed by atoms with Gasteiger partial charge in [0, 0.05) is 37.0 Å². The lowest BCUT2D eigenvalue weighted by atomic mass is 10.1. The maximum Gasteiger partial charge on any atom is 0.125 e. The number of rotatable bonds is 3. The van der Waals surface area contributed by atoms with E-state index in [4.69, 9.17) is 10.5 Å². The number of benzene rings is 1. The number of anilines is 1. The molecule has 2 rings (SSSR count). The number of hydrogen-bond donors (Lipinski definition) is 1. The lowest BCUT2D eigenvalue weighted by molar-refractivity contribution is 0.284. The molecule has 1 aliphatic rings. The molecule has 0 spiro atoms. The van der Waals surface area contributed by atoms with E-state index in [1.807, 2.05) is 18.2 Å². The molecular weight excluding hydrogens is 200 g/mol. The maximum atomic E-state index is 5.73. The molecule has 86 valence electrons. The Bertz CT molecular complexity index is 388. The molecule has 1 heterocycles. The van der Waals surface area contributed by atoms with Crippen LogP contribution >= 0.6 is 0 Å². The first-order valence-corrected chi connectivity index (χ1v) is 5.59. The van der Waals surface area contributed by atoms with Gasteiger partial charge in [0.2, 0.25) is 0 Å². The summed E-state index contributed by atoms with van der Waals surface area (Å²) >= 11 is 0. The molecule has 0 saturated carbocycles. The van der Waals surface area contributed by atoms with Crippen molar-refractivity contribution in [2.75, 3.05) is 25.9 Å². The molecule has 0 aromatic heterocycles. The van der Waals surface area contributed by atoms with Crippen LogP contribution in [0.25, 0.3) is 0 Å². The van der Waals surface area contributed by atoms with E-state index >= 15 is 0 Å². The van der Waals surface area contributed by atoms with E-state index in [1.165, 1.54) is 5.56 Å². The van der Waals surface area contributed by atoms with E-state index in [0.29, 0.717) is 0 Å². The largest absolute Gasteiger partial charge is 0.496 e. The highest BCUT2D eigenvalue weighted by Gasteiger charge is 2.10. The van der Waals surface area contributed by atoms with Crippen molar-refractivity contribution in [3.8, 4) is 5.75 Å². The Morgan fingerprint density at radius 3 is 2.94 bits per heavy atom. The predicted molar refractivity (Wildman–Crippen MR) is 66.4 cm³/mol. The Hall–Kier alpha value is -1.48. The second-order valence-corrected chi connectivity index (χ2v) is 4.07. The van der Waals surface area contributed by atoms with E-state index in [0.717, 1.165) is 37.5 Å². The van der Waals surface area contributed by atoms with Crippen molar-refractivity contribution in [2.24, 2.45) is 0 Å². The van der Waals surface area contributed by atoms with Crippen LogP contribution in [-0.4, -0.2) is 25.1 Å². The summed E-state index contributed by atoms with van der Waals surface area (Å²) in [5, 5.41) is 0. The number of hydrogen-bond acceptors (Lipinski definition) is 3. The van der Waals surface area contributed by atoms with Crippen molar-refractivity contribution in [2.45, 2.75) is 13.0 Å². The lowest BCUT2D eigenvalue weighted by Gasteiger charge is -2.23. The van der Waals surface area contributed by atoms with Crippen molar-refractivity contribution >= 4 is 5.69 Å². The average molecular weight is 218 g/mol. The molecule has 2 N–H and O–H groups in total. The van der Waals surface area contributed by atoms with Gasteiger partial charge >= 0.3 is 0 Å². The molecule has 1 aromatic carbocycles. The normalized spacial score (nSPS) is 16.3. The van der Waals surface area contributed by atoms with Gasteiger partial charge in [-0.05, 0) is 12.5 Å². The fraction of sp³-hybridized carbons (Fsp3) is 0.385. The molecule has 0 amide bonds. The third kappa shape index (κ3) is 2.55. The molecule has 0 bridgehead atoms. The van der Waals surface area contributed by atoms with Gasteiger partial charge in [-0.1, -0.05) is 18.2 Å². The van der Waals surface area contributed by atoms with Crippen molar-refractivity contribution in [1.82, 2.24) is 4.90 Å². The summed E-state index contributed by atoms with van der Waals surface area (Å²) in [6.45, 7) is 3.06. The molecule has 0 radical (unpaired) electrons. The number of nitrogen functional groups attached to an aromatic ring is 1. The quantitative estimate of drug-likeness (QED) is 0.623. The summed E-state index contributed by atoms with van der Waals surface area (Å²) in [7, 11) is 1.69. The Labute approximate surface area is 96.5 Å². The van der Waals surface area contributed by atoms with Crippen molar-refractivity contribution in [3.05, 3.63) is 35.9 Å². The average Bonchev–Trinajstić information content (AvgIpc) is 2.33. The highest BCUT2D eigenvalue weighted by molar-refractivity contribution is 5.48. The number of nitrogens with two attached hydrogens (primary N) is 1. The molecule has 1 aromatic rings. The van der Waals surface area contributed by atoms with E-state index in [1.54, 1.807) is 7.11 Å². The zero-order valence-electron chi connectivity index (χ0n) is 9.65. The Morgan fingerprint density at radius 2 is 2.25 bits per heavy atom. The van der Waals surface area contributed by atoms with Gasteiger partial charge in [-0.3, -0.25) is 4.90 Å². The van der Waals surface area contributed by atoms with Crippen LogP contribution < -0.4 is 10.5 Å². The summed E-state index contributed by atoms with van der Waals surface area (Å²) < 4.78 is 5.34. The van der Waals surface area contributed by atoms with Crippen LogP contribution in [0.3, 0.4) is 0 Å². The smallest absolute Gasteiger partial charge is 0.125 e. The standard InChI is InChI=1S/C13H18N2O/c1-16-13-9-12(14)6-5-11(13)10-15-7-3-2-4-8-15/h2-3,5-6,9H,4,7-8,10,14H2,1H3. The SMILES string of the molecule is COc1cc(N)ccc1CN1CC=CCC1. The molecule has 0 fully saturated rings. The predicted octanol–water partition coefficient (Wildman–Crippen LogP) is 2.04. The number of nitrogens with zero attached hydrogens (tertiary/aromatic N) is 1. The second kappa shape index (κ2) is 5.03. The topological polar surface area (TPSA) is 38.5 Å². The van der Waals surface area contributed by atoms with Crippen LogP contribution in [0.5, 0.6) is 5.75 Å². The van der Waals surface area contributed by atoms with Gasteiger partial charge in [-0.15, -0.1) is 0 Å². The molecule has 0 unspecified atom stereocenters. The summed E-state index contributed by atoms with van der Waals surface area (Å²) in [5.74, 6) is 0.884. The maximum absolute atomic E-state index is 5.73. The van der Waals surface area contributed by atoms with Crippen LogP contribution in [0.2, 0.25) is 0 Å². The van der Waals surface area contributed by atoms with Gasteiger partial charge in [0.25, 0.3) is 0 Å². The van der Waals surface area contributed by atoms with Crippen LogP contribution in [0.4, 0.5) is 5.69 Å². The van der Waals surface area contributed by atoms with Gasteiger partial charge in [-0.25, -0.2) is 0 Å². The molecule has 0 aliphatic carbocycles. The first kappa shape index (κ1) is 11.0. The monoisotopic (exact) mass is 218 g/mol. The zero-order chi connectivity index (χ0) is 11.4. The van der Waals surface area contributed by atoms with Gasteiger partial charge in [-0.2, -0.15) is 0 Å². The molecule has 0 saturated heterocycles. The summed E-state index contributed by atoms with van der Waals surface area (Å²) in [4.78, 5) is 2.40. The van der Waals surface area contributed by atoms with Gasteiger partial charge < -0.3 is 10.5 Å². The van der Waals surface area contributed by atoms with Crippen molar-refractivity contribution in [3.63, 3.8) is 0 Å². The highest BCUT2D eigenvalue weighted by Crippen LogP contribution is 2.23. The van der Waals surface area contributed by atoms with Gasteiger partial charge in [0.05, 0.1) is 7.11 Å². The molecule has 3 nitrogen and oxygen atoms in total. The first-order valence-electron chi connectivity index (χ1n) is 5.59. The number of methoxy groups -OCH3 is 1. The van der Waals surface area contributed by atoms with Crippen LogP contribution in [-0.2, 0) is 6.54 Å².